The lowest BCUT2D eigenvalue weighted by atomic mass is 10.1. The third kappa shape index (κ3) is 3.99. The molecule has 1 heterocycles. The summed E-state index contributed by atoms with van der Waals surface area (Å²) in [6.07, 6.45) is -2.71. The Bertz CT molecular complexity index is 971. The van der Waals surface area contributed by atoms with Gasteiger partial charge in [0, 0.05) is 29.8 Å². The van der Waals surface area contributed by atoms with Crippen LogP contribution in [-0.2, 0) is 6.54 Å². The lowest BCUT2D eigenvalue weighted by Crippen LogP contribution is -2.43. The van der Waals surface area contributed by atoms with E-state index >= 15 is 0 Å². The minimum atomic E-state index is -1.36. The molecule has 1 aliphatic heterocycles. The standard InChI is InChI=1S/C18H20N4O8/c1-29-12-4-8(5-13(30-2)15(12)23)16(24)19-7-9-3-10(22(27)28)6-11-14(9)21-18(26)17(25)20-11/h3-6,17-18,20-21,23,25-26H,7H2,1-2H3,(H,19,24). The molecule has 0 saturated carbocycles. The van der Waals surface area contributed by atoms with E-state index in [1.54, 1.807) is 0 Å². The predicted molar refractivity (Wildman–Crippen MR) is 105 cm³/mol. The maximum Gasteiger partial charge on any atom is 0.271 e. The highest BCUT2D eigenvalue weighted by Crippen LogP contribution is 2.38. The summed E-state index contributed by atoms with van der Waals surface area (Å²) in [5.41, 5.74) is 0.689. The Labute approximate surface area is 170 Å². The third-order valence-electron chi connectivity index (χ3n) is 4.49. The fourth-order valence-electron chi connectivity index (χ4n) is 2.98. The Morgan fingerprint density at radius 1 is 1.13 bits per heavy atom. The first kappa shape index (κ1) is 21.0. The second-order valence-electron chi connectivity index (χ2n) is 6.37. The van der Waals surface area contributed by atoms with Crippen molar-refractivity contribution in [3.8, 4) is 17.2 Å². The van der Waals surface area contributed by atoms with Crippen molar-refractivity contribution in [3.63, 3.8) is 0 Å². The van der Waals surface area contributed by atoms with Gasteiger partial charge in [0.2, 0.25) is 5.75 Å². The largest absolute Gasteiger partial charge is 0.502 e. The number of hydrogen-bond donors (Lipinski definition) is 6. The highest BCUT2D eigenvalue weighted by Gasteiger charge is 2.28. The molecule has 0 fully saturated rings. The van der Waals surface area contributed by atoms with Crippen molar-refractivity contribution < 1.29 is 34.5 Å². The molecule has 12 heteroatoms. The van der Waals surface area contributed by atoms with Crippen molar-refractivity contribution in [2.45, 2.75) is 19.0 Å². The maximum absolute atomic E-state index is 12.6. The van der Waals surface area contributed by atoms with Gasteiger partial charge < -0.3 is 40.7 Å². The number of aliphatic hydroxyl groups excluding tert-OH is 2. The molecule has 6 N–H and O–H groups in total. The molecule has 2 unspecified atom stereocenters. The number of nitro groups is 1. The summed E-state index contributed by atoms with van der Waals surface area (Å²) in [6, 6.07) is 5.08. The van der Waals surface area contributed by atoms with Crippen molar-refractivity contribution in [1.29, 1.82) is 0 Å². The van der Waals surface area contributed by atoms with Crippen LogP contribution in [-0.4, -0.2) is 52.8 Å². The Morgan fingerprint density at radius 2 is 1.73 bits per heavy atom. The number of methoxy groups -OCH3 is 2. The second-order valence-corrected chi connectivity index (χ2v) is 6.37. The molecule has 160 valence electrons. The van der Waals surface area contributed by atoms with Crippen molar-refractivity contribution in [1.82, 2.24) is 5.32 Å². The van der Waals surface area contributed by atoms with Crippen LogP contribution in [0.2, 0.25) is 0 Å². The number of aromatic hydroxyl groups is 1. The summed E-state index contributed by atoms with van der Waals surface area (Å²) in [5.74, 6) is -0.742. The fraction of sp³-hybridized carbons (Fsp3) is 0.278. The second kappa shape index (κ2) is 8.31. The number of phenolic OH excluding ortho intramolecular Hbond substituents is 1. The number of ether oxygens (including phenoxy) is 2. The lowest BCUT2D eigenvalue weighted by molar-refractivity contribution is -0.384. The molecule has 2 aromatic carbocycles. The minimum absolute atomic E-state index is 0.0372. The number of benzene rings is 2. The van der Waals surface area contributed by atoms with E-state index in [1.165, 1.54) is 38.5 Å². The van der Waals surface area contributed by atoms with Gasteiger partial charge in [0.1, 0.15) is 0 Å². The average Bonchev–Trinajstić information content (AvgIpc) is 2.72. The van der Waals surface area contributed by atoms with Crippen LogP contribution >= 0.6 is 0 Å². The van der Waals surface area contributed by atoms with Crippen LogP contribution in [0.4, 0.5) is 17.1 Å². The molecule has 0 radical (unpaired) electrons. The van der Waals surface area contributed by atoms with Gasteiger partial charge in [-0.2, -0.15) is 0 Å². The summed E-state index contributed by atoms with van der Waals surface area (Å²) >= 11 is 0. The van der Waals surface area contributed by atoms with Crippen LogP contribution in [0.1, 0.15) is 15.9 Å². The summed E-state index contributed by atoms with van der Waals surface area (Å²) in [5, 5.41) is 48.6. The molecule has 1 aliphatic rings. The van der Waals surface area contributed by atoms with Crippen LogP contribution in [0.15, 0.2) is 24.3 Å². The van der Waals surface area contributed by atoms with Crippen molar-refractivity contribution in [2.75, 3.05) is 24.9 Å². The molecule has 0 saturated heterocycles. The highest BCUT2D eigenvalue weighted by molar-refractivity contribution is 5.95. The molecular weight excluding hydrogens is 400 g/mol. The van der Waals surface area contributed by atoms with Crippen LogP contribution in [0.25, 0.3) is 0 Å². The third-order valence-corrected chi connectivity index (χ3v) is 4.49. The van der Waals surface area contributed by atoms with E-state index in [9.17, 15) is 30.2 Å². The van der Waals surface area contributed by atoms with Gasteiger partial charge in [-0.25, -0.2) is 0 Å². The molecule has 3 rings (SSSR count). The smallest absolute Gasteiger partial charge is 0.271 e. The Balaban J connectivity index is 1.88. The molecule has 0 spiro atoms. The van der Waals surface area contributed by atoms with E-state index in [4.69, 9.17) is 9.47 Å². The quantitative estimate of drug-likeness (QED) is 0.288. The minimum Gasteiger partial charge on any atom is -0.502 e. The first-order valence-electron chi connectivity index (χ1n) is 8.68. The number of carbonyl (C=O) groups excluding carboxylic acids is 1. The maximum atomic E-state index is 12.6. The molecule has 2 aromatic rings. The molecule has 1 amide bonds. The van der Waals surface area contributed by atoms with E-state index in [0.29, 0.717) is 11.3 Å². The van der Waals surface area contributed by atoms with Gasteiger partial charge in [0.15, 0.2) is 24.0 Å². The van der Waals surface area contributed by atoms with Gasteiger partial charge in [-0.3, -0.25) is 14.9 Å². The number of hydrogen-bond acceptors (Lipinski definition) is 10. The highest BCUT2D eigenvalue weighted by atomic mass is 16.6. The number of nitro benzene ring substituents is 1. The zero-order valence-corrected chi connectivity index (χ0v) is 16.0. The number of aliphatic hydroxyl groups is 2. The number of nitrogens with zero attached hydrogens (tertiary/aromatic N) is 1. The van der Waals surface area contributed by atoms with Gasteiger partial charge in [0.25, 0.3) is 11.6 Å². The molecule has 2 atom stereocenters. The van der Waals surface area contributed by atoms with Crippen molar-refractivity contribution in [2.24, 2.45) is 0 Å². The molecule has 30 heavy (non-hydrogen) atoms. The summed E-state index contributed by atoms with van der Waals surface area (Å²) in [7, 11) is 2.65. The zero-order chi connectivity index (χ0) is 22.0. The average molecular weight is 420 g/mol. The van der Waals surface area contributed by atoms with Gasteiger partial charge >= 0.3 is 0 Å². The van der Waals surface area contributed by atoms with Crippen molar-refractivity contribution in [3.05, 3.63) is 45.5 Å². The lowest BCUT2D eigenvalue weighted by Gasteiger charge is -2.31. The van der Waals surface area contributed by atoms with Crippen LogP contribution in [0.3, 0.4) is 0 Å². The fourth-order valence-corrected chi connectivity index (χ4v) is 2.98. The number of fused-ring (bicyclic) bond motifs is 1. The van der Waals surface area contributed by atoms with Gasteiger partial charge in [-0.05, 0) is 12.1 Å². The van der Waals surface area contributed by atoms with E-state index in [0.717, 1.165) is 0 Å². The Hall–Kier alpha value is -3.77. The summed E-state index contributed by atoms with van der Waals surface area (Å²) < 4.78 is 10.0. The summed E-state index contributed by atoms with van der Waals surface area (Å²) in [4.78, 5) is 23.2. The number of rotatable bonds is 6. The monoisotopic (exact) mass is 420 g/mol. The van der Waals surface area contributed by atoms with E-state index in [-0.39, 0.29) is 40.7 Å². The number of carbonyl (C=O) groups is 1. The van der Waals surface area contributed by atoms with Crippen molar-refractivity contribution >= 4 is 23.0 Å². The Kier molecular flexibility index (Phi) is 5.80. The molecule has 0 bridgehead atoms. The number of anilines is 2. The molecule has 0 aliphatic carbocycles. The topological polar surface area (TPSA) is 175 Å². The number of nitrogens with one attached hydrogen (secondary N) is 3. The van der Waals surface area contributed by atoms with Crippen LogP contribution < -0.4 is 25.4 Å². The number of amides is 1. The van der Waals surface area contributed by atoms with Gasteiger partial charge in [-0.1, -0.05) is 0 Å². The zero-order valence-electron chi connectivity index (χ0n) is 16.0. The van der Waals surface area contributed by atoms with Crippen LogP contribution in [0.5, 0.6) is 17.2 Å². The number of non-ortho nitro benzene ring substituents is 1. The van der Waals surface area contributed by atoms with E-state index in [2.05, 4.69) is 16.0 Å². The summed E-state index contributed by atoms with van der Waals surface area (Å²) in [6.45, 7) is -0.133. The Morgan fingerprint density at radius 3 is 2.30 bits per heavy atom. The van der Waals surface area contributed by atoms with Gasteiger partial charge in [0.05, 0.1) is 30.5 Å². The molecule has 0 aromatic heterocycles. The van der Waals surface area contributed by atoms with E-state index in [1.807, 2.05) is 0 Å². The van der Waals surface area contributed by atoms with Gasteiger partial charge in [-0.15, -0.1) is 0 Å². The van der Waals surface area contributed by atoms with E-state index < -0.39 is 23.3 Å². The SMILES string of the molecule is COc1cc(C(=O)NCc2cc([N+](=O)[O-])cc3c2NC(O)C(O)N3)cc(OC)c1O. The first-order chi connectivity index (χ1) is 14.2. The molecule has 12 nitrogen and oxygen atoms in total. The first-order valence-corrected chi connectivity index (χ1v) is 8.68. The molecular formula is C18H20N4O8. The number of phenols is 1. The predicted octanol–water partition coefficient (Wildman–Crippen LogP) is 0.722. The van der Waals surface area contributed by atoms with Crippen LogP contribution in [0, 0.1) is 10.1 Å². The normalized spacial score (nSPS) is 17.2.